The van der Waals surface area contributed by atoms with E-state index in [1.54, 1.807) is 23.2 Å². The molecular weight excluding hydrogens is 229 g/mol. The van der Waals surface area contributed by atoms with Crippen LogP contribution in [0.2, 0.25) is 5.02 Å². The third-order valence-electron chi connectivity index (χ3n) is 2.31. The van der Waals surface area contributed by atoms with E-state index < -0.39 is 5.82 Å². The minimum atomic E-state index is -0.455. The monoisotopic (exact) mass is 239 g/mol. The first-order valence-electron chi connectivity index (χ1n) is 4.83. The molecule has 0 saturated heterocycles. The predicted octanol–water partition coefficient (Wildman–Crippen LogP) is 2.68. The van der Waals surface area contributed by atoms with Gasteiger partial charge in [0.1, 0.15) is 5.82 Å². The molecular formula is C11H11ClFN3. The van der Waals surface area contributed by atoms with Gasteiger partial charge in [-0.05, 0) is 25.1 Å². The fraction of sp³-hybridized carbons (Fsp3) is 0.182. The summed E-state index contributed by atoms with van der Waals surface area (Å²) in [5.74, 6) is -0.455. The molecule has 16 heavy (non-hydrogen) atoms. The molecule has 0 bridgehead atoms. The zero-order valence-corrected chi connectivity index (χ0v) is 9.45. The van der Waals surface area contributed by atoms with Gasteiger partial charge in [-0.2, -0.15) is 0 Å². The van der Waals surface area contributed by atoms with E-state index in [0.29, 0.717) is 5.69 Å². The second kappa shape index (κ2) is 4.23. The first-order chi connectivity index (χ1) is 7.59. The molecule has 0 aliphatic carbocycles. The van der Waals surface area contributed by atoms with E-state index >= 15 is 0 Å². The molecule has 0 fully saturated rings. The number of rotatable bonds is 2. The van der Waals surface area contributed by atoms with Crippen molar-refractivity contribution < 1.29 is 4.39 Å². The fourth-order valence-electron chi connectivity index (χ4n) is 1.49. The van der Waals surface area contributed by atoms with Crippen LogP contribution in [-0.4, -0.2) is 9.55 Å². The predicted molar refractivity (Wildman–Crippen MR) is 61.1 cm³/mol. The van der Waals surface area contributed by atoms with Crippen LogP contribution in [0.15, 0.2) is 30.7 Å². The van der Waals surface area contributed by atoms with E-state index in [-0.39, 0.29) is 11.1 Å². The maximum absolute atomic E-state index is 13.3. The van der Waals surface area contributed by atoms with Gasteiger partial charge in [-0.1, -0.05) is 11.6 Å². The van der Waals surface area contributed by atoms with Gasteiger partial charge in [-0.25, -0.2) is 9.37 Å². The molecule has 2 N–H and O–H groups in total. The Morgan fingerprint density at radius 2 is 2.25 bits per heavy atom. The van der Waals surface area contributed by atoms with Crippen LogP contribution in [-0.2, 0) is 0 Å². The number of nitrogens with zero attached hydrogens (tertiary/aromatic N) is 2. The first kappa shape index (κ1) is 11.1. The molecule has 1 aromatic heterocycles. The van der Waals surface area contributed by atoms with Crippen LogP contribution >= 0.6 is 11.6 Å². The standard InChI is InChI=1S/C11H11ClFN3/c1-7(14)11-5-15-6-16(11)8-2-3-9(12)10(13)4-8/h2-7H,14H2,1H3/t7-/m0/s1. The van der Waals surface area contributed by atoms with Crippen molar-refractivity contribution in [2.75, 3.05) is 0 Å². The summed E-state index contributed by atoms with van der Waals surface area (Å²) in [6, 6.07) is 4.42. The average molecular weight is 240 g/mol. The Morgan fingerprint density at radius 3 is 2.88 bits per heavy atom. The van der Waals surface area contributed by atoms with Crippen molar-refractivity contribution in [2.45, 2.75) is 13.0 Å². The van der Waals surface area contributed by atoms with Crippen LogP contribution in [0.1, 0.15) is 18.7 Å². The molecule has 1 aromatic carbocycles. The van der Waals surface area contributed by atoms with E-state index in [9.17, 15) is 4.39 Å². The molecule has 1 atom stereocenters. The van der Waals surface area contributed by atoms with E-state index in [4.69, 9.17) is 17.3 Å². The highest BCUT2D eigenvalue weighted by Gasteiger charge is 2.09. The Hall–Kier alpha value is -1.39. The zero-order valence-electron chi connectivity index (χ0n) is 8.69. The summed E-state index contributed by atoms with van der Waals surface area (Å²) in [6.45, 7) is 1.85. The maximum atomic E-state index is 13.3. The zero-order chi connectivity index (χ0) is 11.7. The van der Waals surface area contributed by atoms with Gasteiger partial charge in [0.15, 0.2) is 0 Å². The second-order valence-corrected chi connectivity index (χ2v) is 3.98. The molecule has 0 aliphatic heterocycles. The van der Waals surface area contributed by atoms with Crippen molar-refractivity contribution in [3.8, 4) is 5.69 Å². The molecule has 0 amide bonds. The number of hydrogen-bond acceptors (Lipinski definition) is 2. The Labute approximate surface area is 97.7 Å². The van der Waals surface area contributed by atoms with Gasteiger partial charge in [-0.15, -0.1) is 0 Å². The molecule has 84 valence electrons. The lowest BCUT2D eigenvalue weighted by Gasteiger charge is -2.10. The molecule has 3 nitrogen and oxygen atoms in total. The second-order valence-electron chi connectivity index (χ2n) is 3.58. The Kier molecular flexibility index (Phi) is 2.94. The van der Waals surface area contributed by atoms with Gasteiger partial charge in [-0.3, -0.25) is 0 Å². The highest BCUT2D eigenvalue weighted by atomic mass is 35.5. The summed E-state index contributed by atoms with van der Waals surface area (Å²) in [5.41, 5.74) is 7.26. The van der Waals surface area contributed by atoms with E-state index in [1.165, 1.54) is 12.1 Å². The van der Waals surface area contributed by atoms with Crippen molar-refractivity contribution >= 4 is 11.6 Å². The van der Waals surface area contributed by atoms with Gasteiger partial charge < -0.3 is 10.3 Å². The van der Waals surface area contributed by atoms with E-state index in [2.05, 4.69) is 4.98 Å². The summed E-state index contributed by atoms with van der Waals surface area (Å²) in [7, 11) is 0. The van der Waals surface area contributed by atoms with Crippen LogP contribution in [0.4, 0.5) is 4.39 Å². The van der Waals surface area contributed by atoms with Crippen LogP contribution in [0, 0.1) is 5.82 Å². The topological polar surface area (TPSA) is 43.8 Å². The molecule has 0 aliphatic rings. The van der Waals surface area contributed by atoms with Crippen molar-refractivity contribution in [2.24, 2.45) is 5.73 Å². The largest absolute Gasteiger partial charge is 0.323 e. The number of imidazole rings is 1. The first-order valence-corrected chi connectivity index (χ1v) is 5.20. The number of benzene rings is 1. The molecule has 2 aromatic rings. The molecule has 0 radical (unpaired) electrons. The lowest BCUT2D eigenvalue weighted by molar-refractivity contribution is 0.626. The number of hydrogen-bond donors (Lipinski definition) is 1. The number of nitrogens with two attached hydrogens (primary N) is 1. The molecule has 2 rings (SSSR count). The highest BCUT2D eigenvalue weighted by molar-refractivity contribution is 6.30. The molecule has 0 spiro atoms. The Morgan fingerprint density at radius 1 is 1.50 bits per heavy atom. The SMILES string of the molecule is C[C@H](N)c1cncn1-c1ccc(Cl)c(F)c1. The molecule has 1 heterocycles. The van der Waals surface area contributed by atoms with Gasteiger partial charge >= 0.3 is 0 Å². The summed E-state index contributed by atoms with van der Waals surface area (Å²) in [5, 5.41) is 0.103. The molecule has 0 saturated carbocycles. The van der Waals surface area contributed by atoms with Crippen LogP contribution < -0.4 is 5.73 Å². The quantitative estimate of drug-likeness (QED) is 0.876. The fourth-order valence-corrected chi connectivity index (χ4v) is 1.61. The van der Waals surface area contributed by atoms with Gasteiger partial charge in [0.25, 0.3) is 0 Å². The van der Waals surface area contributed by atoms with Crippen LogP contribution in [0.5, 0.6) is 0 Å². The number of aromatic nitrogens is 2. The van der Waals surface area contributed by atoms with Gasteiger partial charge in [0, 0.05) is 11.7 Å². The van der Waals surface area contributed by atoms with Crippen molar-refractivity contribution in [1.29, 1.82) is 0 Å². The van der Waals surface area contributed by atoms with E-state index in [1.807, 2.05) is 6.92 Å². The lowest BCUT2D eigenvalue weighted by Crippen LogP contribution is -2.10. The van der Waals surface area contributed by atoms with Crippen LogP contribution in [0.3, 0.4) is 0 Å². The summed E-state index contributed by atoms with van der Waals surface area (Å²) in [6.07, 6.45) is 3.26. The van der Waals surface area contributed by atoms with Gasteiger partial charge in [0.05, 0.1) is 23.2 Å². The van der Waals surface area contributed by atoms with E-state index in [0.717, 1.165) is 5.69 Å². The normalized spacial score (nSPS) is 12.8. The third kappa shape index (κ3) is 1.94. The van der Waals surface area contributed by atoms with Crippen LogP contribution in [0.25, 0.3) is 5.69 Å². The van der Waals surface area contributed by atoms with Crippen molar-refractivity contribution in [1.82, 2.24) is 9.55 Å². The Balaban J connectivity index is 2.50. The minimum Gasteiger partial charge on any atom is -0.323 e. The lowest BCUT2D eigenvalue weighted by atomic mass is 10.2. The maximum Gasteiger partial charge on any atom is 0.143 e. The van der Waals surface area contributed by atoms with Gasteiger partial charge in [0.2, 0.25) is 0 Å². The summed E-state index contributed by atoms with van der Waals surface area (Å²) in [4.78, 5) is 4.00. The van der Waals surface area contributed by atoms with Crippen molar-refractivity contribution in [3.05, 3.63) is 47.3 Å². The third-order valence-corrected chi connectivity index (χ3v) is 2.62. The molecule has 5 heteroatoms. The smallest absolute Gasteiger partial charge is 0.143 e. The average Bonchev–Trinajstić information content (AvgIpc) is 2.71. The number of halogens is 2. The minimum absolute atomic E-state index is 0.103. The summed E-state index contributed by atoms with van der Waals surface area (Å²) >= 11 is 5.62. The summed E-state index contributed by atoms with van der Waals surface area (Å²) < 4.78 is 15.0. The Bertz CT molecular complexity index is 508. The molecule has 0 unspecified atom stereocenters. The highest BCUT2D eigenvalue weighted by Crippen LogP contribution is 2.21. The van der Waals surface area contributed by atoms with Crippen molar-refractivity contribution in [3.63, 3.8) is 0 Å².